The van der Waals surface area contributed by atoms with Crippen molar-refractivity contribution in [3.63, 3.8) is 0 Å². The normalized spacial score (nSPS) is 18.1. The average Bonchev–Trinajstić information content (AvgIpc) is 2.88. The number of benzene rings is 3. The minimum Gasteiger partial charge on any atom is -0.489 e. The fourth-order valence-electron chi connectivity index (χ4n) is 4.92. The van der Waals surface area contributed by atoms with Gasteiger partial charge in [0.15, 0.2) is 5.43 Å². The van der Waals surface area contributed by atoms with Crippen LogP contribution >= 0.6 is 0 Å². The standard InChI is InChI=1S/C29H31N3O2/c1-22-27(20-32-16-14-31(15-17-32)19-23-8-4-2-5-9-23)29(33)26-18-25(12-13-28(26)30-22)34-21-24-10-6-3-7-11-24/h2-13,18H,14-17,19-21H2,1H3,(H,30,33)/p+2. The molecule has 4 aromatic rings. The van der Waals surface area contributed by atoms with E-state index >= 15 is 0 Å². The molecule has 34 heavy (non-hydrogen) atoms. The Hall–Kier alpha value is -3.41. The van der Waals surface area contributed by atoms with Gasteiger partial charge in [0.2, 0.25) is 0 Å². The summed E-state index contributed by atoms with van der Waals surface area (Å²) in [7, 11) is 0. The topological polar surface area (TPSA) is 51.0 Å². The van der Waals surface area contributed by atoms with Gasteiger partial charge < -0.3 is 19.5 Å². The van der Waals surface area contributed by atoms with E-state index in [1.165, 1.54) is 10.5 Å². The van der Waals surface area contributed by atoms with Crippen molar-refractivity contribution in [2.75, 3.05) is 26.2 Å². The van der Waals surface area contributed by atoms with Gasteiger partial charge in [-0.15, -0.1) is 0 Å². The minimum atomic E-state index is 0.128. The molecule has 5 heteroatoms. The third kappa shape index (κ3) is 5.22. The number of H-pyrrole nitrogens is 1. The number of aryl methyl sites for hydroxylation is 1. The third-order valence-electron chi connectivity index (χ3n) is 6.92. The van der Waals surface area contributed by atoms with Crippen LogP contribution in [-0.4, -0.2) is 31.2 Å². The highest BCUT2D eigenvalue weighted by Crippen LogP contribution is 2.19. The molecule has 1 fully saturated rings. The highest BCUT2D eigenvalue weighted by Gasteiger charge is 2.25. The van der Waals surface area contributed by atoms with Crippen molar-refractivity contribution in [3.05, 3.63) is 111 Å². The number of hydrogen-bond donors (Lipinski definition) is 3. The Kier molecular flexibility index (Phi) is 6.74. The van der Waals surface area contributed by atoms with Crippen LogP contribution in [0.15, 0.2) is 83.7 Å². The van der Waals surface area contributed by atoms with Gasteiger partial charge in [0, 0.05) is 22.2 Å². The Bertz CT molecular complexity index is 1290. The molecule has 1 aromatic heterocycles. The summed E-state index contributed by atoms with van der Waals surface area (Å²) in [6.07, 6.45) is 0. The second kappa shape index (κ2) is 10.2. The van der Waals surface area contributed by atoms with Crippen molar-refractivity contribution < 1.29 is 14.5 Å². The van der Waals surface area contributed by atoms with Crippen molar-refractivity contribution >= 4 is 10.9 Å². The summed E-state index contributed by atoms with van der Waals surface area (Å²) in [5, 5.41) is 0.707. The number of nitrogens with one attached hydrogen (secondary N) is 3. The monoisotopic (exact) mass is 455 g/mol. The molecule has 0 atom stereocenters. The first kappa shape index (κ1) is 22.4. The highest BCUT2D eigenvalue weighted by molar-refractivity contribution is 5.81. The molecule has 5 nitrogen and oxygen atoms in total. The van der Waals surface area contributed by atoms with E-state index in [1.54, 1.807) is 4.90 Å². The number of rotatable bonds is 7. The zero-order chi connectivity index (χ0) is 23.3. The van der Waals surface area contributed by atoms with E-state index in [2.05, 4.69) is 35.3 Å². The lowest BCUT2D eigenvalue weighted by molar-refractivity contribution is -1.02. The molecule has 174 valence electrons. The Morgan fingerprint density at radius 1 is 0.794 bits per heavy atom. The number of aromatic amines is 1. The molecule has 0 saturated carbocycles. The zero-order valence-corrected chi connectivity index (χ0v) is 19.8. The molecule has 3 aromatic carbocycles. The lowest BCUT2D eigenvalue weighted by atomic mass is 10.1. The van der Waals surface area contributed by atoms with Crippen LogP contribution in [-0.2, 0) is 19.7 Å². The van der Waals surface area contributed by atoms with Crippen LogP contribution < -0.4 is 20.0 Å². The number of ether oxygens (including phenoxy) is 1. The predicted octanol–water partition coefficient (Wildman–Crippen LogP) is 1.90. The molecule has 0 unspecified atom stereocenters. The first-order chi connectivity index (χ1) is 16.7. The summed E-state index contributed by atoms with van der Waals surface area (Å²) in [5.74, 6) is 0.724. The molecular weight excluding hydrogens is 422 g/mol. The van der Waals surface area contributed by atoms with Crippen LogP contribution in [0.1, 0.15) is 22.4 Å². The quantitative estimate of drug-likeness (QED) is 0.399. The van der Waals surface area contributed by atoms with Crippen molar-refractivity contribution in [1.29, 1.82) is 0 Å². The summed E-state index contributed by atoms with van der Waals surface area (Å²) in [5.41, 5.74) is 5.37. The Balaban J connectivity index is 1.27. The van der Waals surface area contributed by atoms with E-state index in [-0.39, 0.29) is 5.43 Å². The van der Waals surface area contributed by atoms with Crippen LogP contribution in [0.2, 0.25) is 0 Å². The summed E-state index contributed by atoms with van der Waals surface area (Å²) in [6, 6.07) is 26.6. The van der Waals surface area contributed by atoms with Gasteiger partial charge in [0.05, 0.1) is 5.56 Å². The molecule has 1 aliphatic rings. The van der Waals surface area contributed by atoms with Crippen LogP contribution in [0.25, 0.3) is 10.9 Å². The second-order valence-electron chi connectivity index (χ2n) is 9.38. The molecule has 1 saturated heterocycles. The van der Waals surface area contributed by atoms with Gasteiger partial charge in [-0.3, -0.25) is 4.79 Å². The largest absolute Gasteiger partial charge is 0.489 e. The number of aromatic nitrogens is 1. The van der Waals surface area contributed by atoms with E-state index in [1.807, 2.05) is 55.5 Å². The number of quaternary nitrogens is 2. The fraction of sp³-hybridized carbons (Fsp3) is 0.276. The molecule has 5 rings (SSSR count). The van der Waals surface area contributed by atoms with Gasteiger partial charge in [-0.2, -0.15) is 0 Å². The zero-order valence-electron chi connectivity index (χ0n) is 19.8. The molecule has 2 heterocycles. The number of pyridine rings is 1. The van der Waals surface area contributed by atoms with Crippen LogP contribution in [0, 0.1) is 6.92 Å². The highest BCUT2D eigenvalue weighted by atomic mass is 16.5. The Morgan fingerprint density at radius 2 is 1.41 bits per heavy atom. The molecule has 0 radical (unpaired) electrons. The SMILES string of the molecule is Cc1[nH]c2ccc(OCc3ccccc3)cc2c(=O)c1C[NH+]1CC[NH+](Cc2ccccc2)CC1. The van der Waals surface area contributed by atoms with Gasteiger partial charge in [-0.25, -0.2) is 0 Å². The van der Waals surface area contributed by atoms with Crippen LogP contribution in [0.5, 0.6) is 5.75 Å². The molecule has 0 aliphatic carbocycles. The number of hydrogen-bond acceptors (Lipinski definition) is 2. The minimum absolute atomic E-state index is 0.128. The molecule has 3 N–H and O–H groups in total. The van der Waals surface area contributed by atoms with Gasteiger partial charge in [0.25, 0.3) is 0 Å². The summed E-state index contributed by atoms with van der Waals surface area (Å²) >= 11 is 0. The Morgan fingerprint density at radius 3 is 2.09 bits per heavy atom. The molecule has 0 amide bonds. The van der Waals surface area contributed by atoms with E-state index in [4.69, 9.17) is 4.74 Å². The Labute approximate surface area is 200 Å². The van der Waals surface area contributed by atoms with Crippen LogP contribution in [0.4, 0.5) is 0 Å². The van der Waals surface area contributed by atoms with Gasteiger partial charge in [-0.1, -0.05) is 60.7 Å². The average molecular weight is 456 g/mol. The van der Waals surface area contributed by atoms with Crippen molar-refractivity contribution in [3.8, 4) is 5.75 Å². The van der Waals surface area contributed by atoms with Crippen molar-refractivity contribution in [1.82, 2.24) is 4.98 Å². The summed E-state index contributed by atoms with van der Waals surface area (Å²) in [6.45, 7) is 8.78. The smallest absolute Gasteiger partial charge is 0.198 e. The van der Waals surface area contributed by atoms with Crippen LogP contribution in [0.3, 0.4) is 0 Å². The third-order valence-corrected chi connectivity index (χ3v) is 6.92. The molecule has 0 spiro atoms. The number of piperazine rings is 1. The molecular formula is C29H33N3O2+2. The summed E-state index contributed by atoms with van der Waals surface area (Å²) < 4.78 is 5.98. The maximum absolute atomic E-state index is 13.5. The first-order valence-electron chi connectivity index (χ1n) is 12.2. The van der Waals surface area contributed by atoms with Gasteiger partial charge in [0.1, 0.15) is 51.6 Å². The molecule has 1 aliphatic heterocycles. The maximum atomic E-state index is 13.5. The maximum Gasteiger partial charge on any atom is 0.198 e. The first-order valence-corrected chi connectivity index (χ1v) is 12.2. The predicted molar refractivity (Wildman–Crippen MR) is 135 cm³/mol. The molecule has 0 bridgehead atoms. The van der Waals surface area contributed by atoms with E-state index < -0.39 is 0 Å². The number of fused-ring (bicyclic) bond motifs is 1. The van der Waals surface area contributed by atoms with E-state index in [9.17, 15) is 4.79 Å². The van der Waals surface area contributed by atoms with E-state index in [0.717, 1.165) is 67.4 Å². The lowest BCUT2D eigenvalue weighted by Gasteiger charge is -2.30. The summed E-state index contributed by atoms with van der Waals surface area (Å²) in [4.78, 5) is 20.0. The van der Waals surface area contributed by atoms with Gasteiger partial charge >= 0.3 is 0 Å². The lowest BCUT2D eigenvalue weighted by Crippen LogP contribution is -3.27. The van der Waals surface area contributed by atoms with Crippen molar-refractivity contribution in [2.45, 2.75) is 26.6 Å². The van der Waals surface area contributed by atoms with Crippen molar-refractivity contribution in [2.24, 2.45) is 0 Å². The van der Waals surface area contributed by atoms with E-state index in [0.29, 0.717) is 12.0 Å². The second-order valence-corrected chi connectivity index (χ2v) is 9.38. The fourth-order valence-corrected chi connectivity index (χ4v) is 4.92. The van der Waals surface area contributed by atoms with Gasteiger partial charge in [-0.05, 0) is 30.7 Å².